The van der Waals surface area contributed by atoms with Crippen LogP contribution in [0.5, 0.6) is 0 Å². The summed E-state index contributed by atoms with van der Waals surface area (Å²) in [5.74, 6) is -0.244. The topological polar surface area (TPSA) is 29.1 Å². The summed E-state index contributed by atoms with van der Waals surface area (Å²) < 4.78 is 0.971. The van der Waals surface area contributed by atoms with Gasteiger partial charge in [0.1, 0.15) is 0 Å². The summed E-state index contributed by atoms with van der Waals surface area (Å²) >= 11 is 13.6. The molecule has 2 aromatic rings. The monoisotopic (exact) mass is 355 g/mol. The highest BCUT2D eigenvalue weighted by atomic mass is 79.9. The maximum Gasteiger partial charge on any atom is 0.257 e. The fraction of sp³-hybridized carbons (Fsp3) is 0.0714. The Morgan fingerprint density at radius 3 is 2.68 bits per heavy atom. The van der Waals surface area contributed by atoms with Gasteiger partial charge in [-0.3, -0.25) is 4.79 Å². The molecule has 2 nitrogen and oxygen atoms in total. The summed E-state index contributed by atoms with van der Waals surface area (Å²) in [5.41, 5.74) is 2.14. The number of hydrogen-bond acceptors (Lipinski definition) is 2. The van der Waals surface area contributed by atoms with Gasteiger partial charge in [0.25, 0.3) is 5.91 Å². The van der Waals surface area contributed by atoms with E-state index in [0.29, 0.717) is 15.5 Å². The van der Waals surface area contributed by atoms with E-state index in [9.17, 15) is 4.79 Å². The molecular weight excluding hydrogens is 346 g/mol. The molecule has 0 atom stereocenters. The zero-order valence-electron chi connectivity index (χ0n) is 10.1. The summed E-state index contributed by atoms with van der Waals surface area (Å²) in [6.07, 6.45) is 0. The molecule has 0 aliphatic rings. The van der Waals surface area contributed by atoms with Crippen LogP contribution in [0, 0.1) is 6.92 Å². The lowest BCUT2D eigenvalue weighted by atomic mass is 10.1. The molecule has 2 rings (SSSR count). The van der Waals surface area contributed by atoms with Crippen molar-refractivity contribution in [1.29, 1.82) is 0 Å². The predicted octanol–water partition coefficient (Wildman–Crippen LogP) is 4.95. The van der Waals surface area contributed by atoms with Gasteiger partial charge in [0.05, 0.1) is 10.6 Å². The molecule has 0 aliphatic carbocycles. The summed E-state index contributed by atoms with van der Waals surface area (Å²) in [7, 11) is 0. The molecular formula is C14H11BrClNOS. The highest BCUT2D eigenvalue weighted by Gasteiger charge is 2.12. The van der Waals surface area contributed by atoms with Crippen LogP contribution in [0.2, 0.25) is 5.02 Å². The summed E-state index contributed by atoms with van der Waals surface area (Å²) in [4.78, 5) is 12.9. The van der Waals surface area contributed by atoms with Gasteiger partial charge in [-0.25, -0.2) is 0 Å². The lowest BCUT2D eigenvalue weighted by Gasteiger charge is -2.10. The Bertz CT molecular complexity index is 645. The predicted molar refractivity (Wildman–Crippen MR) is 85.5 cm³/mol. The molecule has 0 spiro atoms. The highest BCUT2D eigenvalue weighted by Crippen LogP contribution is 2.23. The fourth-order valence-electron chi connectivity index (χ4n) is 1.64. The minimum absolute atomic E-state index is 0.244. The van der Waals surface area contributed by atoms with Crippen LogP contribution in [0.1, 0.15) is 15.9 Å². The first kappa shape index (κ1) is 14.4. The number of hydrogen-bond donors (Lipinski definition) is 2. The van der Waals surface area contributed by atoms with Gasteiger partial charge in [-0.1, -0.05) is 27.5 Å². The van der Waals surface area contributed by atoms with E-state index in [1.165, 1.54) is 0 Å². The molecule has 0 saturated heterocycles. The van der Waals surface area contributed by atoms with Gasteiger partial charge in [-0.15, -0.1) is 12.6 Å². The van der Waals surface area contributed by atoms with Crippen molar-refractivity contribution in [2.45, 2.75) is 11.8 Å². The Morgan fingerprint density at radius 1 is 1.26 bits per heavy atom. The molecule has 98 valence electrons. The summed E-state index contributed by atoms with van der Waals surface area (Å²) in [6.45, 7) is 1.93. The second-order valence-corrected chi connectivity index (χ2v) is 5.92. The number of carbonyl (C=O) groups excluding carboxylic acids is 1. The first-order valence-electron chi connectivity index (χ1n) is 5.53. The lowest BCUT2D eigenvalue weighted by Crippen LogP contribution is -2.13. The van der Waals surface area contributed by atoms with Crippen molar-refractivity contribution in [1.82, 2.24) is 0 Å². The molecule has 0 bridgehead atoms. The average molecular weight is 357 g/mol. The van der Waals surface area contributed by atoms with Crippen molar-refractivity contribution >= 4 is 51.8 Å². The Balaban J connectivity index is 2.28. The van der Waals surface area contributed by atoms with Crippen molar-refractivity contribution in [3.8, 4) is 0 Å². The Morgan fingerprint density at radius 2 is 2.00 bits per heavy atom. The Labute approximate surface area is 130 Å². The quantitative estimate of drug-likeness (QED) is 0.732. The first-order chi connectivity index (χ1) is 8.97. The summed E-state index contributed by atoms with van der Waals surface area (Å²) in [5, 5.41) is 3.25. The standard InChI is InChI=1S/C14H11BrClNOS/c1-8-6-9(15)2-5-13(8)17-14(18)11-7-10(19)3-4-12(11)16/h2-7,19H,1H3,(H,17,18). The molecule has 0 aromatic heterocycles. The van der Waals surface area contributed by atoms with Crippen LogP contribution in [0.3, 0.4) is 0 Å². The number of aryl methyl sites for hydroxylation is 1. The zero-order valence-corrected chi connectivity index (χ0v) is 13.3. The van der Waals surface area contributed by atoms with Crippen LogP contribution in [-0.2, 0) is 0 Å². The maximum absolute atomic E-state index is 12.2. The molecule has 0 unspecified atom stereocenters. The molecule has 19 heavy (non-hydrogen) atoms. The van der Waals surface area contributed by atoms with Crippen molar-refractivity contribution in [3.05, 3.63) is 57.0 Å². The number of rotatable bonds is 2. The third-order valence-electron chi connectivity index (χ3n) is 2.63. The number of halogens is 2. The van der Waals surface area contributed by atoms with E-state index in [0.717, 1.165) is 15.7 Å². The second-order valence-electron chi connectivity index (χ2n) is 4.08. The first-order valence-corrected chi connectivity index (χ1v) is 7.15. The number of carbonyl (C=O) groups is 1. The minimum atomic E-state index is -0.244. The van der Waals surface area contributed by atoms with E-state index in [1.54, 1.807) is 18.2 Å². The van der Waals surface area contributed by atoms with Crippen molar-refractivity contribution in [2.24, 2.45) is 0 Å². The molecule has 0 aliphatic heterocycles. The summed E-state index contributed by atoms with van der Waals surface area (Å²) in [6, 6.07) is 10.7. The Hall–Kier alpha value is -0.970. The van der Waals surface area contributed by atoms with Crippen molar-refractivity contribution < 1.29 is 4.79 Å². The molecule has 1 amide bonds. The number of anilines is 1. The molecule has 0 radical (unpaired) electrons. The van der Waals surface area contributed by atoms with E-state index in [1.807, 2.05) is 25.1 Å². The number of nitrogens with one attached hydrogen (secondary N) is 1. The molecule has 0 fully saturated rings. The normalized spacial score (nSPS) is 10.3. The molecule has 5 heteroatoms. The lowest BCUT2D eigenvalue weighted by molar-refractivity contribution is 0.102. The van der Waals surface area contributed by atoms with Gasteiger partial charge < -0.3 is 5.32 Å². The van der Waals surface area contributed by atoms with Gasteiger partial charge in [-0.2, -0.15) is 0 Å². The number of amides is 1. The SMILES string of the molecule is Cc1cc(Br)ccc1NC(=O)c1cc(S)ccc1Cl. The number of benzene rings is 2. The van der Waals surface area contributed by atoms with E-state index >= 15 is 0 Å². The van der Waals surface area contributed by atoms with Crippen LogP contribution in [-0.4, -0.2) is 5.91 Å². The van der Waals surface area contributed by atoms with E-state index in [-0.39, 0.29) is 5.91 Å². The third-order valence-corrected chi connectivity index (χ3v) is 3.73. The number of thiol groups is 1. The van der Waals surface area contributed by atoms with Gasteiger partial charge in [0.2, 0.25) is 0 Å². The van der Waals surface area contributed by atoms with Gasteiger partial charge in [0, 0.05) is 15.1 Å². The average Bonchev–Trinajstić information content (AvgIpc) is 2.35. The van der Waals surface area contributed by atoms with Crippen LogP contribution in [0.25, 0.3) is 0 Å². The minimum Gasteiger partial charge on any atom is -0.322 e. The van der Waals surface area contributed by atoms with Crippen LogP contribution < -0.4 is 5.32 Å². The third kappa shape index (κ3) is 3.53. The molecule has 2 aromatic carbocycles. The smallest absolute Gasteiger partial charge is 0.257 e. The van der Waals surface area contributed by atoms with Crippen molar-refractivity contribution in [3.63, 3.8) is 0 Å². The largest absolute Gasteiger partial charge is 0.322 e. The van der Waals surface area contributed by atoms with Crippen LogP contribution in [0.15, 0.2) is 45.8 Å². The molecule has 0 heterocycles. The Kier molecular flexibility index (Phi) is 4.55. The van der Waals surface area contributed by atoms with E-state index in [4.69, 9.17) is 11.6 Å². The molecule has 1 N–H and O–H groups in total. The maximum atomic E-state index is 12.2. The van der Waals surface area contributed by atoms with Gasteiger partial charge >= 0.3 is 0 Å². The van der Waals surface area contributed by atoms with Crippen LogP contribution >= 0.6 is 40.2 Å². The highest BCUT2D eigenvalue weighted by molar-refractivity contribution is 9.10. The van der Waals surface area contributed by atoms with E-state index in [2.05, 4.69) is 33.9 Å². The van der Waals surface area contributed by atoms with Crippen LogP contribution in [0.4, 0.5) is 5.69 Å². The van der Waals surface area contributed by atoms with Gasteiger partial charge in [-0.05, 0) is 48.9 Å². The zero-order chi connectivity index (χ0) is 14.0. The van der Waals surface area contributed by atoms with Gasteiger partial charge in [0.15, 0.2) is 0 Å². The second kappa shape index (κ2) is 5.99. The fourth-order valence-corrected chi connectivity index (χ4v) is 2.53. The molecule has 0 saturated carbocycles. The van der Waals surface area contributed by atoms with Crippen molar-refractivity contribution in [2.75, 3.05) is 5.32 Å². The van der Waals surface area contributed by atoms with E-state index < -0.39 is 0 Å².